The van der Waals surface area contributed by atoms with E-state index in [1.165, 1.54) is 6.08 Å². The average molecular weight is 270 g/mol. The van der Waals surface area contributed by atoms with Crippen LogP contribution in [0.3, 0.4) is 0 Å². The predicted octanol–water partition coefficient (Wildman–Crippen LogP) is 1.76. The van der Waals surface area contributed by atoms with E-state index in [9.17, 15) is 9.59 Å². The van der Waals surface area contributed by atoms with Gasteiger partial charge in [-0.3, -0.25) is 0 Å². The molecule has 0 aromatic heterocycles. The third-order valence-corrected chi connectivity index (χ3v) is 2.83. The van der Waals surface area contributed by atoms with Gasteiger partial charge >= 0.3 is 11.9 Å². The number of nitrogens with zero attached hydrogens (tertiary/aromatic N) is 1. The third kappa shape index (κ3) is 7.41. The number of hydrogen-bond acceptors (Lipinski definition) is 2. The Kier molecular flexibility index (Phi) is 6.48. The Morgan fingerprint density at radius 2 is 1.74 bits per heavy atom. The van der Waals surface area contributed by atoms with Crippen molar-refractivity contribution in [1.29, 1.82) is 0 Å². The summed E-state index contributed by atoms with van der Waals surface area (Å²) < 4.78 is 0.768. The van der Waals surface area contributed by atoms with E-state index < -0.39 is 17.9 Å². The fourth-order valence-corrected chi connectivity index (χ4v) is 1.60. The molecule has 5 heteroatoms. The van der Waals surface area contributed by atoms with Crippen molar-refractivity contribution in [2.24, 2.45) is 5.92 Å². The van der Waals surface area contributed by atoms with Gasteiger partial charge in [0.1, 0.15) is 0 Å². The fourth-order valence-electron chi connectivity index (χ4n) is 1.60. The van der Waals surface area contributed by atoms with E-state index in [2.05, 4.69) is 6.58 Å². The summed E-state index contributed by atoms with van der Waals surface area (Å²) in [5, 5.41) is 17.9. The second-order valence-corrected chi connectivity index (χ2v) is 5.73. The van der Waals surface area contributed by atoms with Gasteiger partial charge in [0.15, 0.2) is 0 Å². The van der Waals surface area contributed by atoms with E-state index in [4.69, 9.17) is 10.2 Å². The Labute approximate surface area is 114 Å². The van der Waals surface area contributed by atoms with E-state index in [-0.39, 0.29) is 11.1 Å². The summed E-state index contributed by atoms with van der Waals surface area (Å²) in [5.41, 5.74) is 0.258. The first-order valence-corrected chi connectivity index (χ1v) is 6.21. The molecule has 108 valence electrons. The van der Waals surface area contributed by atoms with E-state index in [0.717, 1.165) is 17.4 Å². The summed E-state index contributed by atoms with van der Waals surface area (Å²) in [6.45, 7) is 5.94. The van der Waals surface area contributed by atoms with Crippen molar-refractivity contribution in [3.63, 3.8) is 0 Å². The second kappa shape index (κ2) is 7.09. The van der Waals surface area contributed by atoms with Gasteiger partial charge in [-0.25, -0.2) is 9.59 Å². The minimum Gasteiger partial charge on any atom is -0.478 e. The molecule has 0 bridgehead atoms. The topological polar surface area (TPSA) is 74.6 Å². The van der Waals surface area contributed by atoms with Crippen molar-refractivity contribution in [2.45, 2.75) is 19.8 Å². The summed E-state index contributed by atoms with van der Waals surface area (Å²) in [6.07, 6.45) is 2.66. The van der Waals surface area contributed by atoms with Gasteiger partial charge in [0.05, 0.1) is 27.7 Å². The molecular weight excluding hydrogens is 246 g/mol. The van der Waals surface area contributed by atoms with Crippen LogP contribution in [0.25, 0.3) is 0 Å². The van der Waals surface area contributed by atoms with Crippen LogP contribution in [-0.2, 0) is 9.59 Å². The number of allylic oxidation sites excluding steroid dienone is 1. The molecule has 0 aliphatic carbocycles. The summed E-state index contributed by atoms with van der Waals surface area (Å²) >= 11 is 0. The lowest BCUT2D eigenvalue weighted by atomic mass is 9.97. The molecule has 1 unspecified atom stereocenters. The van der Waals surface area contributed by atoms with Crippen molar-refractivity contribution in [2.75, 3.05) is 27.7 Å². The third-order valence-electron chi connectivity index (χ3n) is 2.83. The van der Waals surface area contributed by atoms with Gasteiger partial charge in [0.2, 0.25) is 0 Å². The Morgan fingerprint density at radius 1 is 1.21 bits per heavy atom. The molecule has 5 nitrogen and oxygen atoms in total. The van der Waals surface area contributed by atoms with Crippen molar-refractivity contribution >= 4 is 11.9 Å². The van der Waals surface area contributed by atoms with Crippen LogP contribution in [0.15, 0.2) is 23.8 Å². The zero-order valence-electron chi connectivity index (χ0n) is 12.1. The summed E-state index contributed by atoms with van der Waals surface area (Å²) in [7, 11) is 6.12. The Morgan fingerprint density at radius 3 is 2.11 bits per heavy atom. The minimum atomic E-state index is -1.10. The smallest absolute Gasteiger partial charge is 0.331 e. The van der Waals surface area contributed by atoms with Gasteiger partial charge in [0.25, 0.3) is 0 Å². The van der Waals surface area contributed by atoms with Crippen molar-refractivity contribution in [1.82, 2.24) is 0 Å². The molecule has 0 aliphatic rings. The van der Waals surface area contributed by atoms with Gasteiger partial charge < -0.3 is 14.7 Å². The maximum atomic E-state index is 11.1. The van der Waals surface area contributed by atoms with E-state index in [1.54, 1.807) is 6.92 Å². The summed E-state index contributed by atoms with van der Waals surface area (Å²) in [6, 6.07) is 0. The zero-order valence-corrected chi connectivity index (χ0v) is 12.1. The van der Waals surface area contributed by atoms with Crippen LogP contribution >= 0.6 is 0 Å². The SMILES string of the molecule is C=C(C(=O)O)C(C)C=C(CCC[N+](C)(C)C)C(=O)O. The van der Waals surface area contributed by atoms with E-state index >= 15 is 0 Å². The highest BCUT2D eigenvalue weighted by Gasteiger charge is 2.16. The van der Waals surface area contributed by atoms with Crippen LogP contribution in [0.4, 0.5) is 0 Å². The lowest BCUT2D eigenvalue weighted by molar-refractivity contribution is -0.870. The first-order valence-electron chi connectivity index (χ1n) is 6.21. The first-order chi connectivity index (χ1) is 8.54. The molecule has 0 aromatic carbocycles. The van der Waals surface area contributed by atoms with E-state index in [0.29, 0.717) is 6.42 Å². The molecule has 0 amide bonds. The van der Waals surface area contributed by atoms with Crippen LogP contribution in [0.5, 0.6) is 0 Å². The molecule has 2 N–H and O–H groups in total. The number of carbonyl (C=O) groups is 2. The van der Waals surface area contributed by atoms with Gasteiger partial charge in [0, 0.05) is 23.5 Å². The molecule has 0 saturated carbocycles. The average Bonchev–Trinajstić information content (AvgIpc) is 2.24. The van der Waals surface area contributed by atoms with E-state index in [1.807, 2.05) is 21.1 Å². The molecule has 0 radical (unpaired) electrons. The molecule has 0 rings (SSSR count). The highest BCUT2D eigenvalue weighted by molar-refractivity contribution is 5.89. The summed E-state index contributed by atoms with van der Waals surface area (Å²) in [4.78, 5) is 21.9. The number of aliphatic carboxylic acids is 2. The number of rotatable bonds is 8. The highest BCUT2D eigenvalue weighted by Crippen LogP contribution is 2.16. The largest absolute Gasteiger partial charge is 0.478 e. The predicted molar refractivity (Wildman–Crippen MR) is 73.8 cm³/mol. The molecular formula is C14H24NO4+. The van der Waals surface area contributed by atoms with Crippen LogP contribution in [0, 0.1) is 5.92 Å². The quantitative estimate of drug-likeness (QED) is 0.520. The maximum absolute atomic E-state index is 11.1. The molecule has 0 saturated heterocycles. The van der Waals surface area contributed by atoms with Crippen LogP contribution in [-0.4, -0.2) is 54.3 Å². The van der Waals surface area contributed by atoms with Crippen molar-refractivity contribution in [3.8, 4) is 0 Å². The second-order valence-electron chi connectivity index (χ2n) is 5.73. The first kappa shape index (κ1) is 17.4. The Hall–Kier alpha value is -1.62. The van der Waals surface area contributed by atoms with Crippen molar-refractivity contribution in [3.05, 3.63) is 23.8 Å². The van der Waals surface area contributed by atoms with Crippen LogP contribution < -0.4 is 0 Å². The van der Waals surface area contributed by atoms with Gasteiger partial charge in [-0.1, -0.05) is 19.6 Å². The van der Waals surface area contributed by atoms with Gasteiger partial charge in [-0.15, -0.1) is 0 Å². The number of quaternary nitrogens is 1. The molecule has 19 heavy (non-hydrogen) atoms. The fraction of sp³-hybridized carbons (Fsp3) is 0.571. The minimum absolute atomic E-state index is 0.00496. The monoisotopic (exact) mass is 270 g/mol. The molecule has 0 aromatic rings. The molecule has 0 aliphatic heterocycles. The normalized spacial score (nSPS) is 14.0. The lowest BCUT2D eigenvalue weighted by Crippen LogP contribution is -2.35. The van der Waals surface area contributed by atoms with Crippen LogP contribution in [0.1, 0.15) is 19.8 Å². The molecule has 1 atom stereocenters. The molecule has 0 heterocycles. The Bertz CT molecular complexity index is 391. The number of carboxylic acids is 2. The lowest BCUT2D eigenvalue weighted by Gasteiger charge is -2.23. The van der Waals surface area contributed by atoms with Gasteiger partial charge in [-0.05, 0) is 6.42 Å². The summed E-state index contributed by atoms with van der Waals surface area (Å²) in [5.74, 6) is -2.57. The van der Waals surface area contributed by atoms with Crippen LogP contribution in [0.2, 0.25) is 0 Å². The molecule has 0 fully saturated rings. The molecule has 0 spiro atoms. The number of carboxylic acid groups (broad SMARTS) is 2. The van der Waals surface area contributed by atoms with Crippen molar-refractivity contribution < 1.29 is 24.3 Å². The zero-order chi connectivity index (χ0) is 15.2. The van der Waals surface area contributed by atoms with Gasteiger partial charge in [-0.2, -0.15) is 0 Å². The number of hydrogen-bond donors (Lipinski definition) is 2. The maximum Gasteiger partial charge on any atom is 0.331 e. The standard InChI is InChI=1S/C14H23NO4/c1-10(11(2)13(16)17)9-12(14(18)19)7-6-8-15(3,4)5/h9-10H,2,6-8H2,1,3-5H3,(H-,16,17,18,19)/p+1. The Balaban J connectivity index is 4.69. The highest BCUT2D eigenvalue weighted by atomic mass is 16.4.